The Bertz CT molecular complexity index is 492. The normalized spacial score (nSPS) is 15.7. The van der Waals surface area contributed by atoms with E-state index in [2.05, 4.69) is 15.9 Å². The van der Waals surface area contributed by atoms with Crippen molar-refractivity contribution < 1.29 is 14.7 Å². The van der Waals surface area contributed by atoms with Crippen molar-refractivity contribution in [1.82, 2.24) is 9.47 Å². The van der Waals surface area contributed by atoms with Crippen molar-refractivity contribution in [3.63, 3.8) is 0 Å². The number of hydrogen-bond acceptors (Lipinski definition) is 2. The molecule has 1 saturated carbocycles. The summed E-state index contributed by atoms with van der Waals surface area (Å²) in [5, 5.41) is 9.00. The smallest absolute Gasteiger partial charge is 0.323 e. The quantitative estimate of drug-likeness (QED) is 0.922. The van der Waals surface area contributed by atoms with Gasteiger partial charge in [0.2, 0.25) is 0 Å². The van der Waals surface area contributed by atoms with Crippen LogP contribution in [0.4, 0.5) is 0 Å². The van der Waals surface area contributed by atoms with Gasteiger partial charge in [-0.25, -0.2) is 0 Å². The Morgan fingerprint density at radius 2 is 2.11 bits per heavy atom. The van der Waals surface area contributed by atoms with Crippen LogP contribution >= 0.6 is 15.9 Å². The molecule has 1 aliphatic carbocycles. The van der Waals surface area contributed by atoms with Gasteiger partial charge in [-0.15, -0.1) is 0 Å². The van der Waals surface area contributed by atoms with E-state index in [-0.39, 0.29) is 18.5 Å². The van der Waals surface area contributed by atoms with Crippen LogP contribution in [0.1, 0.15) is 36.2 Å². The Hall–Kier alpha value is -1.30. The molecule has 2 rings (SSSR count). The molecule has 1 aliphatic rings. The summed E-state index contributed by atoms with van der Waals surface area (Å²) in [7, 11) is 1.78. The molecule has 0 aliphatic heterocycles. The maximum Gasteiger partial charge on any atom is 0.323 e. The first kappa shape index (κ1) is 14.1. The molecule has 0 saturated heterocycles. The lowest BCUT2D eigenvalue weighted by molar-refractivity contribution is -0.138. The first-order valence-corrected chi connectivity index (χ1v) is 7.13. The van der Waals surface area contributed by atoms with Crippen LogP contribution < -0.4 is 0 Å². The fraction of sp³-hybridized carbons (Fsp3) is 0.538. The van der Waals surface area contributed by atoms with Crippen molar-refractivity contribution in [2.75, 3.05) is 6.54 Å². The molecule has 1 heterocycles. The summed E-state index contributed by atoms with van der Waals surface area (Å²) >= 11 is 3.33. The average Bonchev–Trinajstić information content (AvgIpc) is 2.94. The zero-order valence-electron chi connectivity index (χ0n) is 10.8. The zero-order valence-corrected chi connectivity index (χ0v) is 12.4. The van der Waals surface area contributed by atoms with Crippen molar-refractivity contribution in [2.45, 2.75) is 31.7 Å². The maximum atomic E-state index is 12.5. The number of aromatic nitrogens is 1. The molecule has 1 fully saturated rings. The SMILES string of the molecule is Cn1cc(Br)cc1C(=O)N(CC(=O)O)C1CCCC1. The van der Waals surface area contributed by atoms with Crippen molar-refractivity contribution in [3.8, 4) is 0 Å². The van der Waals surface area contributed by atoms with Crippen molar-refractivity contribution in [3.05, 3.63) is 22.4 Å². The summed E-state index contributed by atoms with van der Waals surface area (Å²) in [6.45, 7) is -0.230. The molecule has 1 N–H and O–H groups in total. The molecule has 0 atom stereocenters. The third kappa shape index (κ3) is 3.18. The number of carbonyl (C=O) groups is 2. The van der Waals surface area contributed by atoms with Crippen LogP contribution in [0.5, 0.6) is 0 Å². The van der Waals surface area contributed by atoms with Crippen LogP contribution in [0, 0.1) is 0 Å². The monoisotopic (exact) mass is 328 g/mol. The van der Waals surface area contributed by atoms with Gasteiger partial charge in [-0.3, -0.25) is 9.59 Å². The molecular weight excluding hydrogens is 312 g/mol. The molecule has 104 valence electrons. The number of nitrogens with zero attached hydrogens (tertiary/aromatic N) is 2. The molecule has 1 aromatic heterocycles. The molecule has 0 unspecified atom stereocenters. The van der Waals surface area contributed by atoms with Gasteiger partial charge in [0.25, 0.3) is 5.91 Å². The summed E-state index contributed by atoms with van der Waals surface area (Å²) in [4.78, 5) is 25.0. The second-order valence-electron chi connectivity index (χ2n) is 4.92. The minimum Gasteiger partial charge on any atom is -0.480 e. The molecule has 0 aromatic carbocycles. The van der Waals surface area contributed by atoms with Crippen LogP contribution in [-0.2, 0) is 11.8 Å². The van der Waals surface area contributed by atoms with Crippen LogP contribution in [0.15, 0.2) is 16.7 Å². The topological polar surface area (TPSA) is 62.5 Å². The van der Waals surface area contributed by atoms with Gasteiger partial charge in [0.05, 0.1) is 0 Å². The van der Waals surface area contributed by atoms with Crippen LogP contribution in [-0.4, -0.2) is 39.0 Å². The number of aliphatic carboxylic acids is 1. The zero-order chi connectivity index (χ0) is 14.0. The fourth-order valence-electron chi connectivity index (χ4n) is 2.61. The Labute approximate surface area is 120 Å². The van der Waals surface area contributed by atoms with E-state index in [1.807, 2.05) is 0 Å². The molecule has 0 spiro atoms. The molecule has 0 bridgehead atoms. The van der Waals surface area contributed by atoms with Gasteiger partial charge < -0.3 is 14.6 Å². The Kier molecular flexibility index (Phi) is 4.29. The number of aryl methyl sites for hydroxylation is 1. The second kappa shape index (κ2) is 5.77. The van der Waals surface area contributed by atoms with E-state index in [1.54, 1.807) is 23.9 Å². The number of hydrogen-bond donors (Lipinski definition) is 1. The number of rotatable bonds is 4. The van der Waals surface area contributed by atoms with Crippen molar-refractivity contribution in [1.29, 1.82) is 0 Å². The van der Waals surface area contributed by atoms with E-state index in [9.17, 15) is 9.59 Å². The Morgan fingerprint density at radius 1 is 1.47 bits per heavy atom. The van der Waals surface area contributed by atoms with Gasteiger partial charge in [0.15, 0.2) is 0 Å². The minimum absolute atomic E-state index is 0.0530. The number of amides is 1. The summed E-state index contributed by atoms with van der Waals surface area (Å²) in [6.07, 6.45) is 5.70. The summed E-state index contributed by atoms with van der Waals surface area (Å²) < 4.78 is 2.54. The standard InChI is InChI=1S/C13H17BrN2O3/c1-15-7-9(14)6-11(15)13(19)16(8-12(17)18)10-4-2-3-5-10/h6-7,10H,2-5,8H2,1H3,(H,17,18). The van der Waals surface area contributed by atoms with Gasteiger partial charge >= 0.3 is 5.97 Å². The van der Waals surface area contributed by atoms with Crippen molar-refractivity contribution >= 4 is 27.8 Å². The molecule has 0 radical (unpaired) electrons. The van der Waals surface area contributed by atoms with E-state index in [1.165, 1.54) is 4.90 Å². The largest absolute Gasteiger partial charge is 0.480 e. The predicted octanol–water partition coefficient (Wildman–Crippen LogP) is 2.26. The number of halogens is 1. The summed E-state index contributed by atoms with van der Waals surface area (Å²) in [5.74, 6) is -1.17. The second-order valence-corrected chi connectivity index (χ2v) is 5.84. The van der Waals surface area contributed by atoms with Gasteiger partial charge in [0.1, 0.15) is 12.2 Å². The first-order chi connectivity index (χ1) is 8.99. The summed E-state index contributed by atoms with van der Waals surface area (Å²) in [5.41, 5.74) is 0.514. The number of carboxylic acids is 1. The van der Waals surface area contributed by atoms with E-state index in [0.717, 1.165) is 30.2 Å². The molecule has 1 aromatic rings. The van der Waals surface area contributed by atoms with E-state index >= 15 is 0 Å². The Balaban J connectivity index is 2.24. The van der Waals surface area contributed by atoms with Crippen LogP contribution in [0.25, 0.3) is 0 Å². The molecule has 6 heteroatoms. The van der Waals surface area contributed by atoms with Crippen molar-refractivity contribution in [2.24, 2.45) is 7.05 Å². The first-order valence-electron chi connectivity index (χ1n) is 6.33. The average molecular weight is 329 g/mol. The van der Waals surface area contributed by atoms with E-state index < -0.39 is 5.97 Å². The highest BCUT2D eigenvalue weighted by Gasteiger charge is 2.30. The minimum atomic E-state index is -0.964. The van der Waals surface area contributed by atoms with Crippen LogP contribution in [0.2, 0.25) is 0 Å². The summed E-state index contributed by atoms with van der Waals surface area (Å²) in [6, 6.07) is 1.78. The van der Waals surface area contributed by atoms with Gasteiger partial charge in [-0.1, -0.05) is 12.8 Å². The molecule has 19 heavy (non-hydrogen) atoms. The molecule has 1 amide bonds. The van der Waals surface area contributed by atoms with E-state index in [4.69, 9.17) is 5.11 Å². The molecular formula is C13H17BrN2O3. The number of carbonyl (C=O) groups excluding carboxylic acids is 1. The lowest BCUT2D eigenvalue weighted by Crippen LogP contribution is -2.42. The van der Waals surface area contributed by atoms with Crippen LogP contribution in [0.3, 0.4) is 0 Å². The molecule has 5 nitrogen and oxygen atoms in total. The maximum absolute atomic E-state index is 12.5. The third-order valence-corrected chi connectivity index (χ3v) is 3.96. The van der Waals surface area contributed by atoms with E-state index in [0.29, 0.717) is 5.69 Å². The third-order valence-electron chi connectivity index (χ3n) is 3.52. The van der Waals surface area contributed by atoms with Gasteiger partial charge in [-0.05, 0) is 34.8 Å². The highest BCUT2D eigenvalue weighted by atomic mass is 79.9. The lowest BCUT2D eigenvalue weighted by Gasteiger charge is -2.27. The Morgan fingerprint density at radius 3 is 2.58 bits per heavy atom. The highest BCUT2D eigenvalue weighted by molar-refractivity contribution is 9.10. The van der Waals surface area contributed by atoms with Gasteiger partial charge in [-0.2, -0.15) is 0 Å². The lowest BCUT2D eigenvalue weighted by atomic mass is 10.2. The predicted molar refractivity (Wildman–Crippen MR) is 74.0 cm³/mol. The fourth-order valence-corrected chi connectivity index (χ4v) is 3.14. The number of carboxylic acid groups (broad SMARTS) is 1. The van der Waals surface area contributed by atoms with Gasteiger partial charge in [0, 0.05) is 23.8 Å². The highest BCUT2D eigenvalue weighted by Crippen LogP contribution is 2.25.